The predicted octanol–water partition coefficient (Wildman–Crippen LogP) is 2.96. The molecule has 0 spiro atoms. The van der Waals surface area contributed by atoms with Crippen molar-refractivity contribution in [1.29, 1.82) is 0 Å². The second kappa shape index (κ2) is 8.65. The molecule has 128 valence electrons. The van der Waals surface area contributed by atoms with Gasteiger partial charge in [-0.1, -0.05) is 26.0 Å². The summed E-state index contributed by atoms with van der Waals surface area (Å²) in [5.74, 6) is 1.53. The van der Waals surface area contributed by atoms with E-state index in [1.165, 1.54) is 0 Å². The molecule has 1 aliphatic rings. The molecule has 2 rings (SSSR count). The Morgan fingerprint density at radius 2 is 1.91 bits per heavy atom. The third kappa shape index (κ3) is 5.05. The minimum absolute atomic E-state index is 0.0587. The van der Waals surface area contributed by atoms with E-state index < -0.39 is 0 Å². The molecule has 1 N–H and O–H groups in total. The number of piperazine rings is 1. The SMILES string of the molecule is CCOc1ccccc1N1CCN(C(=O)NCCC(C)C)CC1. The van der Waals surface area contributed by atoms with Crippen LogP contribution in [0.3, 0.4) is 0 Å². The molecular weight excluding hydrogens is 290 g/mol. The smallest absolute Gasteiger partial charge is 0.317 e. The standard InChI is InChI=1S/C18H29N3O2/c1-4-23-17-8-6-5-7-16(17)20-11-13-21(14-12-20)18(22)19-10-9-15(2)3/h5-8,15H,4,9-14H2,1-3H3,(H,19,22). The first-order valence-corrected chi connectivity index (χ1v) is 8.61. The lowest BCUT2D eigenvalue weighted by Gasteiger charge is -2.36. The molecule has 5 nitrogen and oxygen atoms in total. The average molecular weight is 319 g/mol. The third-order valence-corrected chi connectivity index (χ3v) is 4.07. The van der Waals surface area contributed by atoms with Gasteiger partial charge < -0.3 is 19.9 Å². The maximum Gasteiger partial charge on any atom is 0.317 e. The van der Waals surface area contributed by atoms with Crippen molar-refractivity contribution in [2.45, 2.75) is 27.2 Å². The van der Waals surface area contributed by atoms with E-state index in [2.05, 4.69) is 30.1 Å². The number of urea groups is 1. The van der Waals surface area contributed by atoms with Crippen LogP contribution in [0.2, 0.25) is 0 Å². The second-order valence-electron chi connectivity index (χ2n) is 6.29. The van der Waals surface area contributed by atoms with Crippen LogP contribution in [-0.4, -0.2) is 50.3 Å². The van der Waals surface area contributed by atoms with Crippen molar-refractivity contribution in [2.24, 2.45) is 5.92 Å². The first-order valence-electron chi connectivity index (χ1n) is 8.61. The highest BCUT2D eigenvalue weighted by Crippen LogP contribution is 2.28. The maximum atomic E-state index is 12.2. The van der Waals surface area contributed by atoms with Gasteiger partial charge in [-0.15, -0.1) is 0 Å². The average Bonchev–Trinajstić information content (AvgIpc) is 2.55. The number of carbonyl (C=O) groups excluding carboxylic acids is 1. The van der Waals surface area contributed by atoms with E-state index in [4.69, 9.17) is 4.74 Å². The van der Waals surface area contributed by atoms with Gasteiger partial charge in [-0.3, -0.25) is 0 Å². The topological polar surface area (TPSA) is 44.8 Å². The number of anilines is 1. The fourth-order valence-corrected chi connectivity index (χ4v) is 2.73. The minimum Gasteiger partial charge on any atom is -0.492 e. The number of hydrogen-bond acceptors (Lipinski definition) is 3. The van der Waals surface area contributed by atoms with Crippen LogP contribution in [0.1, 0.15) is 27.2 Å². The maximum absolute atomic E-state index is 12.2. The normalized spacial score (nSPS) is 15.0. The van der Waals surface area contributed by atoms with Gasteiger partial charge in [0.1, 0.15) is 5.75 Å². The summed E-state index contributed by atoms with van der Waals surface area (Å²) in [6.07, 6.45) is 1.02. The molecule has 23 heavy (non-hydrogen) atoms. The Bertz CT molecular complexity index is 497. The van der Waals surface area contributed by atoms with E-state index in [0.29, 0.717) is 12.5 Å². The Morgan fingerprint density at radius 1 is 1.22 bits per heavy atom. The van der Waals surface area contributed by atoms with Gasteiger partial charge in [0.05, 0.1) is 12.3 Å². The molecule has 0 bridgehead atoms. The molecule has 1 fully saturated rings. The molecule has 1 heterocycles. The largest absolute Gasteiger partial charge is 0.492 e. The Morgan fingerprint density at radius 3 is 2.57 bits per heavy atom. The van der Waals surface area contributed by atoms with Gasteiger partial charge >= 0.3 is 6.03 Å². The van der Waals surface area contributed by atoms with E-state index in [1.807, 2.05) is 30.0 Å². The van der Waals surface area contributed by atoms with Crippen LogP contribution in [-0.2, 0) is 0 Å². The van der Waals surface area contributed by atoms with E-state index in [-0.39, 0.29) is 6.03 Å². The fourth-order valence-electron chi connectivity index (χ4n) is 2.73. The molecule has 0 unspecified atom stereocenters. The molecule has 2 amide bonds. The number of ether oxygens (including phenoxy) is 1. The van der Waals surface area contributed by atoms with Crippen LogP contribution in [0.15, 0.2) is 24.3 Å². The number of amides is 2. The fraction of sp³-hybridized carbons (Fsp3) is 0.611. The van der Waals surface area contributed by atoms with Crippen LogP contribution in [0.25, 0.3) is 0 Å². The molecular formula is C18H29N3O2. The lowest BCUT2D eigenvalue weighted by Crippen LogP contribution is -2.52. The van der Waals surface area contributed by atoms with Crippen LogP contribution >= 0.6 is 0 Å². The number of nitrogens with zero attached hydrogens (tertiary/aromatic N) is 2. The van der Waals surface area contributed by atoms with E-state index >= 15 is 0 Å². The molecule has 0 atom stereocenters. The van der Waals surface area contributed by atoms with Gasteiger partial charge in [0.15, 0.2) is 0 Å². The zero-order valence-electron chi connectivity index (χ0n) is 14.5. The summed E-state index contributed by atoms with van der Waals surface area (Å²) in [5.41, 5.74) is 1.12. The summed E-state index contributed by atoms with van der Waals surface area (Å²) < 4.78 is 5.71. The van der Waals surface area contributed by atoms with Gasteiger partial charge in [0.25, 0.3) is 0 Å². The number of nitrogens with one attached hydrogen (secondary N) is 1. The Hall–Kier alpha value is -1.91. The highest BCUT2D eigenvalue weighted by molar-refractivity contribution is 5.74. The molecule has 0 saturated carbocycles. The monoisotopic (exact) mass is 319 g/mol. The van der Waals surface area contributed by atoms with Gasteiger partial charge in [-0.2, -0.15) is 0 Å². The van der Waals surface area contributed by atoms with Gasteiger partial charge in [0, 0.05) is 32.7 Å². The van der Waals surface area contributed by atoms with Crippen LogP contribution < -0.4 is 15.0 Å². The van der Waals surface area contributed by atoms with Crippen molar-refractivity contribution in [3.05, 3.63) is 24.3 Å². The van der Waals surface area contributed by atoms with E-state index in [9.17, 15) is 4.79 Å². The van der Waals surface area contributed by atoms with Crippen molar-refractivity contribution in [3.8, 4) is 5.75 Å². The third-order valence-electron chi connectivity index (χ3n) is 4.07. The van der Waals surface area contributed by atoms with Crippen LogP contribution in [0, 0.1) is 5.92 Å². The summed E-state index contributed by atoms with van der Waals surface area (Å²) in [4.78, 5) is 16.4. The number of benzene rings is 1. The van der Waals surface area contributed by atoms with Crippen molar-refractivity contribution in [1.82, 2.24) is 10.2 Å². The number of carbonyl (C=O) groups is 1. The minimum atomic E-state index is 0.0587. The molecule has 0 radical (unpaired) electrons. The van der Waals surface area contributed by atoms with E-state index in [1.54, 1.807) is 0 Å². The van der Waals surface area contributed by atoms with Crippen molar-refractivity contribution in [3.63, 3.8) is 0 Å². The lowest BCUT2D eigenvalue weighted by molar-refractivity contribution is 0.193. The Balaban J connectivity index is 1.85. The molecule has 1 aromatic rings. The van der Waals surface area contributed by atoms with E-state index in [0.717, 1.165) is 50.6 Å². The zero-order chi connectivity index (χ0) is 16.7. The Kier molecular flexibility index (Phi) is 6.56. The first kappa shape index (κ1) is 17.4. The van der Waals surface area contributed by atoms with Crippen LogP contribution in [0.5, 0.6) is 5.75 Å². The molecule has 0 aliphatic carbocycles. The molecule has 1 aliphatic heterocycles. The quantitative estimate of drug-likeness (QED) is 0.877. The summed E-state index contributed by atoms with van der Waals surface area (Å²) >= 11 is 0. The van der Waals surface area contributed by atoms with Gasteiger partial charge in [0.2, 0.25) is 0 Å². The number of para-hydroxylation sites is 2. The molecule has 1 aromatic carbocycles. The number of hydrogen-bond donors (Lipinski definition) is 1. The van der Waals surface area contributed by atoms with Crippen molar-refractivity contribution < 1.29 is 9.53 Å². The van der Waals surface area contributed by atoms with Gasteiger partial charge in [-0.05, 0) is 31.4 Å². The predicted molar refractivity (Wildman–Crippen MR) is 94.3 cm³/mol. The highest BCUT2D eigenvalue weighted by atomic mass is 16.5. The highest BCUT2D eigenvalue weighted by Gasteiger charge is 2.22. The Labute approximate surface area is 139 Å². The molecule has 5 heteroatoms. The van der Waals surface area contributed by atoms with Crippen molar-refractivity contribution >= 4 is 11.7 Å². The zero-order valence-corrected chi connectivity index (χ0v) is 14.5. The summed E-state index contributed by atoms with van der Waals surface area (Å²) in [6.45, 7) is 10.9. The lowest BCUT2D eigenvalue weighted by atomic mass is 10.1. The van der Waals surface area contributed by atoms with Crippen molar-refractivity contribution in [2.75, 3.05) is 44.2 Å². The molecule has 1 saturated heterocycles. The first-order chi connectivity index (χ1) is 11.1. The van der Waals surface area contributed by atoms with Gasteiger partial charge in [-0.25, -0.2) is 4.79 Å². The second-order valence-corrected chi connectivity index (χ2v) is 6.29. The van der Waals surface area contributed by atoms with Crippen LogP contribution in [0.4, 0.5) is 10.5 Å². The summed E-state index contributed by atoms with van der Waals surface area (Å²) in [7, 11) is 0. The summed E-state index contributed by atoms with van der Waals surface area (Å²) in [6, 6.07) is 8.17. The molecule has 0 aromatic heterocycles. The number of rotatable bonds is 6. The summed E-state index contributed by atoms with van der Waals surface area (Å²) in [5, 5.41) is 3.01.